The van der Waals surface area contributed by atoms with Crippen LogP contribution >= 0.6 is 22.9 Å². The van der Waals surface area contributed by atoms with Crippen LogP contribution in [0, 0.1) is 6.92 Å². The Balaban J connectivity index is 0.969. The summed E-state index contributed by atoms with van der Waals surface area (Å²) in [4.78, 5) is 73.9. The number of pyridine rings is 1. The first-order valence-electron chi connectivity index (χ1n) is 18.8. The lowest BCUT2D eigenvalue weighted by molar-refractivity contribution is -0.140. The van der Waals surface area contributed by atoms with E-state index in [1.54, 1.807) is 30.5 Å². The van der Waals surface area contributed by atoms with Crippen molar-refractivity contribution in [3.8, 4) is 0 Å². The fourth-order valence-corrected chi connectivity index (χ4v) is 8.27. The highest BCUT2D eigenvalue weighted by Gasteiger charge is 2.40. The number of amides is 4. The van der Waals surface area contributed by atoms with Gasteiger partial charge in [-0.2, -0.15) is 5.10 Å². The number of hydrogen-bond acceptors (Lipinski definition) is 13. The fourth-order valence-electron chi connectivity index (χ4n) is 6.83. The number of rotatable bonds is 16. The molecule has 3 atom stereocenters. The van der Waals surface area contributed by atoms with Crippen LogP contribution < -0.4 is 31.6 Å². The molecule has 4 amide bonds. The first-order valence-corrected chi connectivity index (χ1v) is 20.0. The third-order valence-electron chi connectivity index (χ3n) is 9.83. The molecule has 2 aromatic heterocycles. The van der Waals surface area contributed by atoms with Crippen molar-refractivity contribution in [1.82, 2.24) is 26.4 Å². The van der Waals surface area contributed by atoms with Crippen molar-refractivity contribution in [2.24, 2.45) is 10.1 Å². The van der Waals surface area contributed by atoms with Gasteiger partial charge in [-0.25, -0.2) is 0 Å². The van der Waals surface area contributed by atoms with Crippen LogP contribution in [0.2, 0.25) is 5.02 Å². The van der Waals surface area contributed by atoms with Crippen LogP contribution in [0.4, 0.5) is 10.7 Å². The standard InChI is InChI=1S/C39H46ClN9O6S/c1-22-32-33(24-10-12-25(40)13-11-24)44-28(21-31(51)55-3)35-48-47-23(2)49(35)39(32)56-34(22)38(54)43-18-9-7-5-4-6-8-17-41-26-16-19-42-29(20-26)37(53)45-27-14-15-30(50)46-36(27)52/h10-13,16,19-20,23,27-28,47H,4-9,14-15,17-18,21H2,1-3H3,(H,41,42)(H,43,54)(H,45,53)(H,46,50,52)/t23?,27?,28-/m0/s1. The van der Waals surface area contributed by atoms with Crippen LogP contribution in [-0.2, 0) is 19.1 Å². The summed E-state index contributed by atoms with van der Waals surface area (Å²) in [5.41, 5.74) is 7.18. The maximum absolute atomic E-state index is 13.6. The molecule has 0 bridgehead atoms. The normalized spacial score (nSPS) is 18.7. The quantitative estimate of drug-likeness (QED) is 0.0772. The number of hydrazone groups is 1. The molecular formula is C39H46ClN9O6S. The van der Waals surface area contributed by atoms with Gasteiger partial charge in [0.1, 0.15) is 28.9 Å². The van der Waals surface area contributed by atoms with Gasteiger partial charge in [-0.3, -0.25) is 49.6 Å². The number of benzene rings is 1. The van der Waals surface area contributed by atoms with Crippen LogP contribution in [0.3, 0.4) is 0 Å². The van der Waals surface area contributed by atoms with Crippen molar-refractivity contribution in [1.29, 1.82) is 0 Å². The molecule has 3 aliphatic heterocycles. The molecule has 17 heteroatoms. The van der Waals surface area contributed by atoms with E-state index in [1.165, 1.54) is 18.4 Å². The van der Waals surface area contributed by atoms with Gasteiger partial charge in [0.15, 0.2) is 5.84 Å². The van der Waals surface area contributed by atoms with Crippen LogP contribution in [-0.4, -0.2) is 84.6 Å². The summed E-state index contributed by atoms with van der Waals surface area (Å²) in [6.45, 7) is 5.19. The van der Waals surface area contributed by atoms with Crippen molar-refractivity contribution in [2.45, 2.75) is 89.9 Å². The number of aliphatic imine (C=N–C) groups is 1. The Morgan fingerprint density at radius 3 is 2.48 bits per heavy atom. The topological polar surface area (TPSA) is 196 Å². The van der Waals surface area contributed by atoms with Crippen molar-refractivity contribution >= 4 is 74.8 Å². The monoisotopic (exact) mass is 803 g/mol. The largest absolute Gasteiger partial charge is 0.469 e. The molecule has 6 rings (SSSR count). The van der Waals surface area contributed by atoms with Crippen molar-refractivity contribution in [3.63, 3.8) is 0 Å². The number of esters is 1. The van der Waals surface area contributed by atoms with Crippen LogP contribution in [0.1, 0.15) is 102 Å². The highest BCUT2D eigenvalue weighted by atomic mass is 35.5. The molecule has 5 N–H and O–H groups in total. The van der Waals surface area contributed by atoms with Gasteiger partial charge in [-0.1, -0.05) is 49.4 Å². The molecule has 1 fully saturated rings. The lowest BCUT2D eigenvalue weighted by Gasteiger charge is -2.24. The van der Waals surface area contributed by atoms with Crippen molar-refractivity contribution < 1.29 is 28.7 Å². The summed E-state index contributed by atoms with van der Waals surface area (Å²) in [7, 11) is 1.35. The number of unbranched alkanes of at least 4 members (excludes halogenated alkanes) is 5. The third kappa shape index (κ3) is 9.53. The number of hydrogen-bond donors (Lipinski definition) is 5. The highest BCUT2D eigenvalue weighted by Crippen LogP contribution is 2.42. The van der Waals surface area contributed by atoms with Crippen LogP contribution in [0.25, 0.3) is 0 Å². The Bertz CT molecular complexity index is 2030. The Morgan fingerprint density at radius 2 is 1.75 bits per heavy atom. The number of piperidine rings is 1. The molecule has 5 heterocycles. The van der Waals surface area contributed by atoms with E-state index >= 15 is 0 Å². The second-order valence-electron chi connectivity index (χ2n) is 13.9. The number of ether oxygens (including phenoxy) is 1. The number of halogens is 1. The van der Waals surface area contributed by atoms with E-state index < -0.39 is 29.9 Å². The Kier molecular flexibility index (Phi) is 13.3. The zero-order valence-corrected chi connectivity index (χ0v) is 33.1. The van der Waals surface area contributed by atoms with Gasteiger partial charge in [-0.15, -0.1) is 11.3 Å². The van der Waals surface area contributed by atoms with E-state index in [1.807, 2.05) is 30.9 Å². The smallest absolute Gasteiger partial charge is 0.308 e. The molecule has 3 aliphatic rings. The number of aromatic nitrogens is 1. The van der Waals surface area contributed by atoms with E-state index in [2.05, 4.69) is 36.8 Å². The number of anilines is 2. The van der Waals surface area contributed by atoms with Gasteiger partial charge in [-0.05, 0) is 62.9 Å². The van der Waals surface area contributed by atoms with Gasteiger partial charge in [0, 0.05) is 47.5 Å². The Labute approximate surface area is 334 Å². The van der Waals surface area contributed by atoms with E-state index in [4.69, 9.17) is 21.3 Å². The third-order valence-corrected chi connectivity index (χ3v) is 11.4. The number of nitrogens with zero attached hydrogens (tertiary/aromatic N) is 4. The maximum Gasteiger partial charge on any atom is 0.308 e. The number of amidine groups is 1. The Morgan fingerprint density at radius 1 is 1.02 bits per heavy atom. The summed E-state index contributed by atoms with van der Waals surface area (Å²) in [5, 5.41) is 17.3. The first-order chi connectivity index (χ1) is 27.0. The van der Waals surface area contributed by atoms with Gasteiger partial charge in [0.2, 0.25) is 11.8 Å². The zero-order valence-electron chi connectivity index (χ0n) is 31.6. The summed E-state index contributed by atoms with van der Waals surface area (Å²) < 4.78 is 4.99. The van der Waals surface area contributed by atoms with E-state index in [-0.39, 0.29) is 42.9 Å². The van der Waals surface area contributed by atoms with Crippen LogP contribution in [0.15, 0.2) is 52.7 Å². The molecule has 296 valence electrons. The summed E-state index contributed by atoms with van der Waals surface area (Å²) in [6.07, 6.45) is 7.69. The SMILES string of the molecule is COC(=O)C[C@@H]1N=C(c2ccc(Cl)cc2)c2c(sc(C(=O)NCCCCCCCCNc3ccnc(C(=O)NC4CCC(=O)NC4=O)c3)c2C)N2C1=NNC2C. The highest BCUT2D eigenvalue weighted by molar-refractivity contribution is 7.19. The molecule has 1 saturated heterocycles. The molecule has 1 aromatic carbocycles. The predicted octanol–water partition coefficient (Wildman–Crippen LogP) is 4.67. The number of methoxy groups -OCH3 is 1. The first kappa shape index (κ1) is 40.3. The molecule has 0 saturated carbocycles. The van der Waals surface area contributed by atoms with Gasteiger partial charge in [0.25, 0.3) is 11.8 Å². The number of fused-ring (bicyclic) bond motifs is 3. The van der Waals surface area contributed by atoms with E-state index in [0.29, 0.717) is 28.0 Å². The molecule has 0 aliphatic carbocycles. The molecule has 0 spiro atoms. The second kappa shape index (κ2) is 18.5. The molecule has 15 nitrogen and oxygen atoms in total. The van der Waals surface area contributed by atoms with Crippen molar-refractivity contribution in [3.05, 3.63) is 74.9 Å². The maximum atomic E-state index is 13.6. The fraction of sp³-hybridized carbons (Fsp3) is 0.436. The number of imide groups is 1. The van der Waals surface area contributed by atoms with E-state index in [9.17, 15) is 24.0 Å². The van der Waals surface area contributed by atoms with Gasteiger partial charge < -0.3 is 20.7 Å². The molecule has 3 aromatic rings. The number of nitrogens with one attached hydrogen (secondary N) is 5. The minimum atomic E-state index is -0.757. The summed E-state index contributed by atoms with van der Waals surface area (Å²) in [5.74, 6) is -1.25. The average Bonchev–Trinajstić information content (AvgIpc) is 3.69. The number of carbonyl (C=O) groups is 5. The van der Waals surface area contributed by atoms with Crippen molar-refractivity contribution in [2.75, 3.05) is 30.4 Å². The molecular weight excluding hydrogens is 758 g/mol. The van der Waals surface area contributed by atoms with E-state index in [0.717, 1.165) is 72.4 Å². The molecule has 0 radical (unpaired) electrons. The molecule has 56 heavy (non-hydrogen) atoms. The zero-order chi connectivity index (χ0) is 39.8. The number of carbonyl (C=O) groups excluding carboxylic acids is 5. The van der Waals surface area contributed by atoms with Gasteiger partial charge >= 0.3 is 5.97 Å². The minimum Gasteiger partial charge on any atom is -0.469 e. The summed E-state index contributed by atoms with van der Waals surface area (Å²) >= 11 is 7.62. The molecule has 2 unspecified atom stereocenters. The van der Waals surface area contributed by atoms with Crippen LogP contribution in [0.5, 0.6) is 0 Å². The lowest BCUT2D eigenvalue weighted by atomic mass is 9.99. The summed E-state index contributed by atoms with van der Waals surface area (Å²) in [6, 6.07) is 9.46. The second-order valence-corrected chi connectivity index (χ2v) is 15.3. The Hall–Kier alpha value is -5.35. The predicted molar refractivity (Wildman–Crippen MR) is 215 cm³/mol. The number of thiophene rings is 1. The minimum absolute atomic E-state index is 0.0141. The lowest BCUT2D eigenvalue weighted by Crippen LogP contribution is -2.52. The van der Waals surface area contributed by atoms with Gasteiger partial charge in [0.05, 0.1) is 24.1 Å². The average molecular weight is 804 g/mol.